The predicted octanol–water partition coefficient (Wildman–Crippen LogP) is 1.34. The van der Waals surface area contributed by atoms with E-state index in [1.165, 1.54) is 0 Å². The smallest absolute Gasteiger partial charge is 0.251 e. The molecule has 4 N–H and O–H groups in total. The molecule has 7 nitrogen and oxygen atoms in total. The Morgan fingerprint density at radius 3 is 2.64 bits per heavy atom. The maximum atomic E-state index is 12.3. The fourth-order valence-electron chi connectivity index (χ4n) is 3.21. The Morgan fingerprint density at radius 1 is 1.21 bits per heavy atom. The van der Waals surface area contributed by atoms with Crippen LogP contribution in [-0.4, -0.2) is 67.7 Å². The monoisotopic (exact) mass is 389 g/mol. The first-order valence-electron chi connectivity index (χ1n) is 10.2. The number of amides is 1. The largest absolute Gasteiger partial charge is 0.393 e. The lowest BCUT2D eigenvalue weighted by molar-refractivity contribution is 0.0951. The normalized spacial score (nSPS) is 20.1. The van der Waals surface area contributed by atoms with Crippen LogP contribution in [0, 0.1) is 0 Å². The Morgan fingerprint density at radius 2 is 1.96 bits per heavy atom. The Hall–Kier alpha value is -2.12. The standard InChI is InChI=1S/C21H35N5O2/c1-4-22-21(25-18-8-10-19(27)11-9-18)24-15-16-6-5-7-17(14-16)20(28)23-12-13-26(2)3/h5-7,14,18-19,27H,4,8-13,15H2,1-3H3,(H,23,28)(H2,22,24,25). The lowest BCUT2D eigenvalue weighted by atomic mass is 9.93. The van der Waals surface area contributed by atoms with Gasteiger partial charge in [0, 0.05) is 31.2 Å². The van der Waals surface area contributed by atoms with Gasteiger partial charge in [0.05, 0.1) is 12.6 Å². The lowest BCUT2D eigenvalue weighted by Gasteiger charge is -2.27. The van der Waals surface area contributed by atoms with Crippen molar-refractivity contribution in [3.63, 3.8) is 0 Å². The number of carbonyl (C=O) groups excluding carboxylic acids is 1. The lowest BCUT2D eigenvalue weighted by Crippen LogP contribution is -2.45. The van der Waals surface area contributed by atoms with E-state index >= 15 is 0 Å². The summed E-state index contributed by atoms with van der Waals surface area (Å²) < 4.78 is 0. The summed E-state index contributed by atoms with van der Waals surface area (Å²) in [7, 11) is 3.96. The highest BCUT2D eigenvalue weighted by atomic mass is 16.3. The minimum Gasteiger partial charge on any atom is -0.393 e. The van der Waals surface area contributed by atoms with Gasteiger partial charge in [-0.1, -0.05) is 12.1 Å². The third-order valence-corrected chi connectivity index (χ3v) is 4.84. The summed E-state index contributed by atoms with van der Waals surface area (Å²) in [5.41, 5.74) is 1.65. The molecule has 1 aromatic carbocycles. The third kappa shape index (κ3) is 7.86. The zero-order chi connectivity index (χ0) is 20.4. The van der Waals surface area contributed by atoms with Gasteiger partial charge in [0.2, 0.25) is 0 Å². The fourth-order valence-corrected chi connectivity index (χ4v) is 3.21. The zero-order valence-corrected chi connectivity index (χ0v) is 17.4. The molecule has 0 aliphatic heterocycles. The highest BCUT2D eigenvalue weighted by Gasteiger charge is 2.19. The van der Waals surface area contributed by atoms with E-state index in [2.05, 4.69) is 20.9 Å². The van der Waals surface area contributed by atoms with Crippen molar-refractivity contribution in [3.05, 3.63) is 35.4 Å². The molecule has 1 aliphatic rings. The van der Waals surface area contributed by atoms with Gasteiger partial charge in [0.25, 0.3) is 5.91 Å². The Bertz CT molecular complexity index is 639. The van der Waals surface area contributed by atoms with E-state index in [-0.39, 0.29) is 12.0 Å². The van der Waals surface area contributed by atoms with E-state index in [4.69, 9.17) is 0 Å². The number of nitrogens with zero attached hydrogens (tertiary/aromatic N) is 2. The molecule has 2 rings (SSSR count). The number of aliphatic hydroxyl groups is 1. The van der Waals surface area contributed by atoms with E-state index < -0.39 is 0 Å². The molecule has 0 spiro atoms. The van der Waals surface area contributed by atoms with Gasteiger partial charge in [-0.05, 0) is 64.4 Å². The van der Waals surface area contributed by atoms with E-state index in [0.717, 1.165) is 50.3 Å². The van der Waals surface area contributed by atoms with Crippen LogP contribution < -0.4 is 16.0 Å². The highest BCUT2D eigenvalue weighted by molar-refractivity contribution is 5.94. The molecule has 7 heteroatoms. The number of benzene rings is 1. The van der Waals surface area contributed by atoms with Crippen LogP contribution in [0.2, 0.25) is 0 Å². The fraction of sp³-hybridized carbons (Fsp3) is 0.619. The van der Waals surface area contributed by atoms with Crippen LogP contribution in [0.1, 0.15) is 48.5 Å². The first-order chi connectivity index (χ1) is 13.5. The van der Waals surface area contributed by atoms with Crippen molar-refractivity contribution >= 4 is 11.9 Å². The van der Waals surface area contributed by atoms with Gasteiger partial charge in [-0.3, -0.25) is 4.79 Å². The van der Waals surface area contributed by atoms with Gasteiger partial charge >= 0.3 is 0 Å². The van der Waals surface area contributed by atoms with E-state index in [0.29, 0.717) is 24.7 Å². The molecule has 1 aromatic rings. The molecule has 0 radical (unpaired) electrons. The van der Waals surface area contributed by atoms with E-state index in [1.807, 2.05) is 50.2 Å². The molecule has 0 heterocycles. The Balaban J connectivity index is 1.93. The second kappa shape index (κ2) is 11.7. The number of nitrogens with one attached hydrogen (secondary N) is 3. The topological polar surface area (TPSA) is 89.0 Å². The van der Waals surface area contributed by atoms with Crippen LogP contribution in [0.4, 0.5) is 0 Å². The molecule has 0 bridgehead atoms. The molecule has 1 fully saturated rings. The maximum Gasteiger partial charge on any atom is 0.251 e. The van der Waals surface area contributed by atoms with Crippen LogP contribution in [0.3, 0.4) is 0 Å². The first-order valence-corrected chi connectivity index (χ1v) is 10.2. The van der Waals surface area contributed by atoms with Gasteiger partial charge < -0.3 is 26.0 Å². The quantitative estimate of drug-likeness (QED) is 0.398. The summed E-state index contributed by atoms with van der Waals surface area (Å²) in [4.78, 5) is 19.0. The van der Waals surface area contributed by atoms with Crippen molar-refractivity contribution in [3.8, 4) is 0 Å². The minimum absolute atomic E-state index is 0.0570. The number of carbonyl (C=O) groups is 1. The summed E-state index contributed by atoms with van der Waals surface area (Å²) in [6.07, 6.45) is 3.41. The van der Waals surface area contributed by atoms with Crippen molar-refractivity contribution in [1.82, 2.24) is 20.9 Å². The average Bonchev–Trinajstić information content (AvgIpc) is 2.68. The third-order valence-electron chi connectivity index (χ3n) is 4.84. The SMILES string of the molecule is CCNC(=NCc1cccc(C(=O)NCCN(C)C)c1)NC1CCC(O)CC1. The van der Waals surface area contributed by atoms with E-state index in [1.54, 1.807) is 0 Å². The summed E-state index contributed by atoms with van der Waals surface area (Å²) in [5.74, 6) is 0.725. The number of aliphatic hydroxyl groups excluding tert-OH is 1. The minimum atomic E-state index is -0.163. The Kier molecular flexibility index (Phi) is 9.23. The predicted molar refractivity (Wildman–Crippen MR) is 114 cm³/mol. The number of rotatable bonds is 8. The number of hydrogen-bond donors (Lipinski definition) is 4. The molecule has 0 atom stereocenters. The number of guanidine groups is 1. The molecule has 1 amide bonds. The molecule has 0 unspecified atom stereocenters. The average molecular weight is 390 g/mol. The molecule has 1 aliphatic carbocycles. The zero-order valence-electron chi connectivity index (χ0n) is 17.4. The Labute approximate surface area is 168 Å². The maximum absolute atomic E-state index is 12.3. The molecule has 28 heavy (non-hydrogen) atoms. The van der Waals surface area contributed by atoms with Crippen LogP contribution in [-0.2, 0) is 6.54 Å². The van der Waals surface area contributed by atoms with Crippen LogP contribution in [0.5, 0.6) is 0 Å². The van der Waals surface area contributed by atoms with Gasteiger partial charge in [-0.15, -0.1) is 0 Å². The second-order valence-electron chi connectivity index (χ2n) is 7.60. The molecule has 1 saturated carbocycles. The summed E-state index contributed by atoms with van der Waals surface area (Å²) in [5, 5.41) is 19.3. The molecule has 156 valence electrons. The van der Waals surface area contributed by atoms with Gasteiger partial charge in [0.15, 0.2) is 5.96 Å². The molecule has 0 saturated heterocycles. The summed E-state index contributed by atoms with van der Waals surface area (Å²) in [6.45, 7) is 4.77. The number of hydrogen-bond acceptors (Lipinski definition) is 4. The van der Waals surface area contributed by atoms with Crippen LogP contribution in [0.25, 0.3) is 0 Å². The van der Waals surface area contributed by atoms with Crippen molar-refractivity contribution in [1.29, 1.82) is 0 Å². The van der Waals surface area contributed by atoms with E-state index in [9.17, 15) is 9.90 Å². The molecular formula is C21H35N5O2. The van der Waals surface area contributed by atoms with Gasteiger partial charge in [0.1, 0.15) is 0 Å². The summed E-state index contributed by atoms with van der Waals surface area (Å²) >= 11 is 0. The van der Waals surface area contributed by atoms with Crippen molar-refractivity contribution < 1.29 is 9.90 Å². The summed E-state index contributed by atoms with van der Waals surface area (Å²) in [6, 6.07) is 7.95. The van der Waals surface area contributed by atoms with Gasteiger partial charge in [-0.25, -0.2) is 4.99 Å². The van der Waals surface area contributed by atoms with Crippen LogP contribution in [0.15, 0.2) is 29.3 Å². The highest BCUT2D eigenvalue weighted by Crippen LogP contribution is 2.18. The van der Waals surface area contributed by atoms with Crippen molar-refractivity contribution in [2.24, 2.45) is 4.99 Å². The van der Waals surface area contributed by atoms with Gasteiger partial charge in [-0.2, -0.15) is 0 Å². The van der Waals surface area contributed by atoms with Crippen molar-refractivity contribution in [2.45, 2.75) is 51.3 Å². The first kappa shape index (κ1) is 22.2. The molecule has 0 aromatic heterocycles. The van der Waals surface area contributed by atoms with Crippen molar-refractivity contribution in [2.75, 3.05) is 33.7 Å². The molecular weight excluding hydrogens is 354 g/mol. The second-order valence-corrected chi connectivity index (χ2v) is 7.60. The number of likely N-dealkylation sites (N-methyl/N-ethyl adjacent to an activating group) is 1. The van der Waals surface area contributed by atoms with Crippen LogP contribution >= 0.6 is 0 Å². The number of aliphatic imine (C=N–C) groups is 1.